The maximum atomic E-state index is 12.0. The minimum absolute atomic E-state index is 0. The number of carbonyl (C=O) groups excluding carboxylic acids is 1. The highest BCUT2D eigenvalue weighted by atomic mass is 35.5. The summed E-state index contributed by atoms with van der Waals surface area (Å²) in [7, 11) is 3.21. The Bertz CT molecular complexity index is 1860. The lowest BCUT2D eigenvalue weighted by atomic mass is 10.1. The average Bonchev–Trinajstić information content (AvgIpc) is 3.56. The van der Waals surface area contributed by atoms with Gasteiger partial charge in [-0.2, -0.15) is 4.98 Å². The maximum absolute atomic E-state index is 12.0. The first-order chi connectivity index (χ1) is 23.0. The number of aromatic nitrogens is 4. The van der Waals surface area contributed by atoms with E-state index in [2.05, 4.69) is 36.7 Å². The van der Waals surface area contributed by atoms with Gasteiger partial charge in [0, 0.05) is 94.3 Å². The molecule has 0 aliphatic carbocycles. The number of imidazole rings is 1. The van der Waals surface area contributed by atoms with Crippen LogP contribution in [0.5, 0.6) is 11.5 Å². The smallest absolute Gasteiger partial charge is 0.227 e. The van der Waals surface area contributed by atoms with Crippen LogP contribution in [0.25, 0.3) is 16.9 Å². The molecule has 2 aliphatic heterocycles. The van der Waals surface area contributed by atoms with E-state index in [-0.39, 0.29) is 30.9 Å². The second-order valence-corrected chi connectivity index (χ2v) is 12.1. The number of pyridine rings is 1. The number of nitrogens with zero attached hydrogens (tertiary/aromatic N) is 8. The molecule has 0 N–H and O–H groups in total. The van der Waals surface area contributed by atoms with Gasteiger partial charge in [0.25, 0.3) is 0 Å². The van der Waals surface area contributed by atoms with Crippen LogP contribution in [0, 0.1) is 0 Å². The van der Waals surface area contributed by atoms with E-state index < -0.39 is 0 Å². The van der Waals surface area contributed by atoms with Crippen LogP contribution >= 0.6 is 36.4 Å². The van der Waals surface area contributed by atoms with Gasteiger partial charge in [-0.1, -0.05) is 41.9 Å². The van der Waals surface area contributed by atoms with Gasteiger partial charge in [0.15, 0.2) is 0 Å². The molecule has 1 unspecified atom stereocenters. The Kier molecular flexibility index (Phi) is 11.7. The van der Waals surface area contributed by atoms with Gasteiger partial charge in [-0.3, -0.25) is 4.90 Å². The lowest BCUT2D eigenvalue weighted by Crippen LogP contribution is -2.49. The zero-order valence-corrected chi connectivity index (χ0v) is 29.7. The van der Waals surface area contributed by atoms with Crippen molar-refractivity contribution >= 4 is 65.8 Å². The fourth-order valence-corrected chi connectivity index (χ4v) is 6.69. The Balaban J connectivity index is 0.00000234. The highest BCUT2D eigenvalue weighted by Gasteiger charge is 2.26. The van der Waals surface area contributed by atoms with E-state index in [1.807, 2.05) is 65.5 Å². The van der Waals surface area contributed by atoms with Crippen molar-refractivity contribution in [2.45, 2.75) is 6.04 Å². The van der Waals surface area contributed by atoms with E-state index in [9.17, 15) is 4.79 Å². The molecule has 11 nitrogen and oxygen atoms in total. The Morgan fingerprint density at radius 2 is 1.49 bits per heavy atom. The Morgan fingerprint density at radius 1 is 0.796 bits per heavy atom. The number of piperazine rings is 2. The first-order valence-electron chi connectivity index (χ1n) is 15.8. The van der Waals surface area contributed by atoms with E-state index in [0.717, 1.165) is 98.6 Å². The summed E-state index contributed by atoms with van der Waals surface area (Å²) < 4.78 is 13.0. The third-order valence-corrected chi connectivity index (χ3v) is 9.35. The van der Waals surface area contributed by atoms with Crippen molar-refractivity contribution < 1.29 is 14.3 Å². The molecule has 7 rings (SSSR count). The van der Waals surface area contributed by atoms with E-state index in [0.29, 0.717) is 16.5 Å². The van der Waals surface area contributed by atoms with E-state index in [1.54, 1.807) is 20.3 Å². The number of anilines is 3. The topological polar surface area (TPSA) is 91.6 Å². The van der Waals surface area contributed by atoms with Crippen LogP contribution in [0.3, 0.4) is 0 Å². The van der Waals surface area contributed by atoms with Gasteiger partial charge in [0.05, 0.1) is 31.0 Å². The average molecular weight is 726 g/mol. The van der Waals surface area contributed by atoms with Gasteiger partial charge in [-0.05, 0) is 23.8 Å². The van der Waals surface area contributed by atoms with Crippen LogP contribution in [0.1, 0.15) is 11.6 Å². The van der Waals surface area contributed by atoms with Crippen molar-refractivity contribution in [1.29, 1.82) is 0 Å². The molecule has 1 atom stereocenters. The summed E-state index contributed by atoms with van der Waals surface area (Å²) in [5, 5.41) is 0.502. The summed E-state index contributed by atoms with van der Waals surface area (Å²) in [5.41, 5.74) is 4.57. The minimum atomic E-state index is -0.219. The first-order valence-corrected chi connectivity index (χ1v) is 16.1. The number of fused-ring (bicyclic) bond motifs is 1. The molecule has 0 amide bonds. The molecule has 0 bridgehead atoms. The molecule has 0 radical (unpaired) electrons. The van der Waals surface area contributed by atoms with E-state index in [1.165, 1.54) is 0 Å². The Hall–Kier alpha value is -4.29. The van der Waals surface area contributed by atoms with Crippen molar-refractivity contribution in [3.05, 3.63) is 89.8 Å². The number of hydrogen-bond donors (Lipinski definition) is 0. The summed E-state index contributed by atoms with van der Waals surface area (Å²) >= 11 is 6.43. The lowest BCUT2D eigenvalue weighted by molar-refractivity contribution is -0.112. The summed E-state index contributed by atoms with van der Waals surface area (Å²) in [6.07, 6.45) is 6.91. The number of halogens is 3. The van der Waals surface area contributed by atoms with E-state index >= 15 is 0 Å². The SMILES string of the molecule is COc1cc(OC)c(-c2cn3ccc(N4CCN(c5nccc(N6CCN(C(C=O)c7ccccc7)CC6)n5)CC4)cc3n2)cc1Cl.Cl.Cl. The zero-order valence-electron chi connectivity index (χ0n) is 27.3. The van der Waals surface area contributed by atoms with Crippen molar-refractivity contribution in [2.75, 3.05) is 81.3 Å². The molecule has 5 heterocycles. The molecule has 14 heteroatoms. The Morgan fingerprint density at radius 3 is 2.18 bits per heavy atom. The molecule has 2 fully saturated rings. The number of hydrogen-bond acceptors (Lipinski definition) is 10. The van der Waals surface area contributed by atoms with Crippen molar-refractivity contribution in [2.24, 2.45) is 0 Å². The molecule has 2 saturated heterocycles. The van der Waals surface area contributed by atoms with Crippen LogP contribution in [0.4, 0.5) is 17.5 Å². The van der Waals surface area contributed by atoms with Crippen LogP contribution in [0.15, 0.2) is 79.3 Å². The summed E-state index contributed by atoms with van der Waals surface area (Å²) in [6.45, 7) is 6.48. The number of rotatable bonds is 9. The fourth-order valence-electron chi connectivity index (χ4n) is 6.45. The molecule has 49 heavy (non-hydrogen) atoms. The van der Waals surface area contributed by atoms with Crippen LogP contribution in [0.2, 0.25) is 5.02 Å². The molecular formula is C35H39Cl3N8O3. The second-order valence-electron chi connectivity index (χ2n) is 11.7. The normalized spacial score (nSPS) is 15.7. The highest BCUT2D eigenvalue weighted by Crippen LogP contribution is 2.38. The fraction of sp³-hybridized carbons (Fsp3) is 0.314. The molecule has 0 saturated carbocycles. The third kappa shape index (κ3) is 7.50. The second kappa shape index (κ2) is 15.9. The molecular weight excluding hydrogens is 687 g/mol. The third-order valence-electron chi connectivity index (χ3n) is 9.05. The van der Waals surface area contributed by atoms with Gasteiger partial charge >= 0.3 is 0 Å². The predicted molar refractivity (Wildman–Crippen MR) is 199 cm³/mol. The van der Waals surface area contributed by atoms with Crippen molar-refractivity contribution in [3.8, 4) is 22.8 Å². The molecule has 2 aromatic carbocycles. The molecule has 3 aromatic heterocycles. The number of carbonyl (C=O) groups is 1. The van der Waals surface area contributed by atoms with Gasteiger partial charge in [0.1, 0.15) is 29.3 Å². The lowest BCUT2D eigenvalue weighted by Gasteiger charge is -2.39. The van der Waals surface area contributed by atoms with Gasteiger partial charge in [-0.25, -0.2) is 9.97 Å². The number of methoxy groups -OCH3 is 2. The predicted octanol–water partition coefficient (Wildman–Crippen LogP) is 5.69. The van der Waals surface area contributed by atoms with Crippen LogP contribution in [-0.2, 0) is 4.79 Å². The largest absolute Gasteiger partial charge is 0.496 e. The van der Waals surface area contributed by atoms with Gasteiger partial charge < -0.3 is 33.4 Å². The maximum Gasteiger partial charge on any atom is 0.227 e. The molecule has 2 aliphatic rings. The summed E-state index contributed by atoms with van der Waals surface area (Å²) in [5.74, 6) is 2.88. The standard InChI is InChI=1S/C35H37ClN8O3.2ClH/c1-46-31-22-32(47-2)28(36)21-27(31)29-23-44-11-9-26(20-34(44)38-29)40-12-18-43(19-13-40)35-37-10-8-33(39-35)42-16-14-41(15-17-42)30(24-45)25-6-4-3-5-7-25;;/h3-11,20-24,30H,12-19H2,1-2H3;2*1H. The monoisotopic (exact) mass is 724 g/mol. The van der Waals surface area contributed by atoms with E-state index in [4.69, 9.17) is 31.0 Å². The quantitative estimate of drug-likeness (QED) is 0.177. The zero-order chi connectivity index (χ0) is 32.3. The molecule has 258 valence electrons. The van der Waals surface area contributed by atoms with Crippen LogP contribution in [-0.4, -0.2) is 97.1 Å². The minimum Gasteiger partial charge on any atom is -0.496 e. The van der Waals surface area contributed by atoms with Gasteiger partial charge in [-0.15, -0.1) is 24.8 Å². The first kappa shape index (κ1) is 36.0. The summed E-state index contributed by atoms with van der Waals surface area (Å²) in [6, 6.07) is 19.6. The van der Waals surface area contributed by atoms with Crippen molar-refractivity contribution in [3.63, 3.8) is 0 Å². The van der Waals surface area contributed by atoms with Crippen LogP contribution < -0.4 is 24.2 Å². The Labute approximate surface area is 303 Å². The molecule has 5 aromatic rings. The molecule has 0 spiro atoms. The highest BCUT2D eigenvalue weighted by molar-refractivity contribution is 6.32. The van der Waals surface area contributed by atoms with Gasteiger partial charge in [0.2, 0.25) is 5.95 Å². The number of benzene rings is 2. The van der Waals surface area contributed by atoms with Crippen molar-refractivity contribution in [1.82, 2.24) is 24.3 Å². The number of ether oxygens (including phenoxy) is 2. The number of aldehydes is 1. The summed E-state index contributed by atoms with van der Waals surface area (Å²) in [4.78, 5) is 35.6.